The van der Waals surface area contributed by atoms with Gasteiger partial charge in [0.25, 0.3) is 0 Å². The zero-order chi connectivity index (χ0) is 19.9. The first-order chi connectivity index (χ1) is 14.8. The largest absolute Gasteiger partial charge is 0.369 e. The molecule has 2 fully saturated rings. The molecule has 3 atom stereocenters. The van der Waals surface area contributed by atoms with Crippen LogP contribution < -0.4 is 5.32 Å². The van der Waals surface area contributed by atoms with Gasteiger partial charge in [0.05, 0.1) is 30.7 Å². The number of aromatic nitrogens is 3. The standard InChI is InChI=1S/C24H22N4O2/c1-2-4-18-11-19(8-7-17(18)3-1)21-14-28(27-26-21)20-9-5-16(6-10-20)15-29-22-12-25-13-23-24(22)30-23/h1-11,14,22-25H,12-13,15H2/t22-,23-,24-/m1/s1. The molecular weight excluding hydrogens is 376 g/mol. The molecule has 2 aliphatic heterocycles. The van der Waals surface area contributed by atoms with Gasteiger partial charge in [0.2, 0.25) is 0 Å². The van der Waals surface area contributed by atoms with Gasteiger partial charge < -0.3 is 14.8 Å². The van der Waals surface area contributed by atoms with Crippen LogP contribution in [0.5, 0.6) is 0 Å². The van der Waals surface area contributed by atoms with Crippen LogP contribution in [-0.4, -0.2) is 46.4 Å². The van der Waals surface area contributed by atoms with E-state index < -0.39 is 0 Å². The molecule has 1 aromatic heterocycles. The number of piperidine rings is 1. The average Bonchev–Trinajstić information content (AvgIpc) is 3.44. The second-order valence-electron chi connectivity index (χ2n) is 7.92. The molecular formula is C24H22N4O2. The van der Waals surface area contributed by atoms with Gasteiger partial charge in [-0.15, -0.1) is 5.10 Å². The van der Waals surface area contributed by atoms with E-state index in [-0.39, 0.29) is 12.2 Å². The summed E-state index contributed by atoms with van der Waals surface area (Å²) < 4.78 is 13.5. The molecule has 30 heavy (non-hydrogen) atoms. The van der Waals surface area contributed by atoms with Crippen LogP contribution in [0.25, 0.3) is 27.7 Å². The topological polar surface area (TPSA) is 64.5 Å². The number of rotatable bonds is 5. The molecule has 150 valence electrons. The van der Waals surface area contributed by atoms with Crippen LogP contribution >= 0.6 is 0 Å². The lowest BCUT2D eigenvalue weighted by atomic mass is 10.1. The van der Waals surface area contributed by atoms with Crippen LogP contribution in [0, 0.1) is 0 Å². The fraction of sp³-hybridized carbons (Fsp3) is 0.250. The van der Waals surface area contributed by atoms with Gasteiger partial charge in [0.15, 0.2) is 0 Å². The molecule has 4 aromatic rings. The number of nitrogens with zero attached hydrogens (tertiary/aromatic N) is 3. The molecule has 0 aliphatic carbocycles. The van der Waals surface area contributed by atoms with Gasteiger partial charge in [-0.3, -0.25) is 0 Å². The van der Waals surface area contributed by atoms with E-state index in [1.165, 1.54) is 10.8 Å². The van der Waals surface area contributed by atoms with Crippen molar-refractivity contribution < 1.29 is 9.47 Å². The molecule has 3 aromatic carbocycles. The third-order valence-corrected chi connectivity index (χ3v) is 5.88. The lowest BCUT2D eigenvalue weighted by Crippen LogP contribution is -2.41. The molecule has 6 heteroatoms. The highest BCUT2D eigenvalue weighted by atomic mass is 16.6. The Morgan fingerprint density at radius 2 is 1.87 bits per heavy atom. The summed E-state index contributed by atoms with van der Waals surface area (Å²) in [6.07, 6.45) is 2.72. The molecule has 6 nitrogen and oxygen atoms in total. The second-order valence-corrected chi connectivity index (χ2v) is 7.92. The van der Waals surface area contributed by atoms with E-state index in [0.717, 1.165) is 35.6 Å². The maximum absolute atomic E-state index is 6.04. The van der Waals surface area contributed by atoms with E-state index in [1.54, 1.807) is 0 Å². The highest BCUT2D eigenvalue weighted by Crippen LogP contribution is 2.30. The van der Waals surface area contributed by atoms with Crippen molar-refractivity contribution in [2.24, 2.45) is 0 Å². The molecule has 0 unspecified atom stereocenters. The van der Waals surface area contributed by atoms with Crippen molar-refractivity contribution in [1.29, 1.82) is 0 Å². The molecule has 2 saturated heterocycles. The lowest BCUT2D eigenvalue weighted by molar-refractivity contribution is 0.0211. The number of ether oxygens (including phenoxy) is 2. The van der Waals surface area contributed by atoms with Gasteiger partial charge in [-0.05, 0) is 34.5 Å². The zero-order valence-corrected chi connectivity index (χ0v) is 16.4. The zero-order valence-electron chi connectivity index (χ0n) is 16.4. The molecule has 0 radical (unpaired) electrons. The third-order valence-electron chi connectivity index (χ3n) is 5.88. The smallest absolute Gasteiger partial charge is 0.113 e. The van der Waals surface area contributed by atoms with Gasteiger partial charge in [-0.1, -0.05) is 53.7 Å². The Bertz CT molecular complexity index is 1190. The minimum atomic E-state index is 0.142. The van der Waals surface area contributed by atoms with E-state index in [0.29, 0.717) is 12.7 Å². The van der Waals surface area contributed by atoms with Crippen molar-refractivity contribution in [3.05, 3.63) is 78.5 Å². The summed E-state index contributed by atoms with van der Waals surface area (Å²) in [5, 5.41) is 14.5. The minimum absolute atomic E-state index is 0.142. The summed E-state index contributed by atoms with van der Waals surface area (Å²) in [5.41, 5.74) is 4.03. The highest BCUT2D eigenvalue weighted by Gasteiger charge is 2.48. The molecule has 3 heterocycles. The maximum Gasteiger partial charge on any atom is 0.113 e. The van der Waals surface area contributed by atoms with E-state index in [9.17, 15) is 0 Å². The number of fused-ring (bicyclic) bond motifs is 2. The van der Waals surface area contributed by atoms with Crippen LogP contribution in [0.1, 0.15) is 5.56 Å². The summed E-state index contributed by atoms with van der Waals surface area (Å²) in [5.74, 6) is 0. The fourth-order valence-corrected chi connectivity index (χ4v) is 4.10. The number of nitrogens with one attached hydrogen (secondary N) is 1. The van der Waals surface area contributed by atoms with Gasteiger partial charge in [-0.25, -0.2) is 4.68 Å². The highest BCUT2D eigenvalue weighted by molar-refractivity contribution is 5.86. The van der Waals surface area contributed by atoms with Crippen LogP contribution in [0.4, 0.5) is 0 Å². The first-order valence-electron chi connectivity index (χ1n) is 10.3. The van der Waals surface area contributed by atoms with Gasteiger partial charge in [0, 0.05) is 18.7 Å². The van der Waals surface area contributed by atoms with Gasteiger partial charge in [0.1, 0.15) is 11.8 Å². The summed E-state index contributed by atoms with van der Waals surface area (Å²) in [7, 11) is 0. The predicted octanol–water partition coefficient (Wildman–Crippen LogP) is 3.34. The third kappa shape index (κ3) is 3.39. The van der Waals surface area contributed by atoms with Gasteiger partial charge >= 0.3 is 0 Å². The van der Waals surface area contributed by atoms with Crippen LogP contribution in [0.3, 0.4) is 0 Å². The summed E-state index contributed by atoms with van der Waals surface area (Å²) >= 11 is 0. The monoisotopic (exact) mass is 398 g/mol. The van der Waals surface area contributed by atoms with E-state index in [2.05, 4.69) is 70.2 Å². The Morgan fingerprint density at radius 1 is 1.00 bits per heavy atom. The lowest BCUT2D eigenvalue weighted by Gasteiger charge is -2.20. The Balaban J connectivity index is 1.16. The van der Waals surface area contributed by atoms with Crippen molar-refractivity contribution in [2.45, 2.75) is 24.9 Å². The summed E-state index contributed by atoms with van der Waals surface area (Å²) in [6, 6.07) is 22.9. The first-order valence-corrected chi connectivity index (χ1v) is 10.3. The minimum Gasteiger partial charge on any atom is -0.369 e. The first kappa shape index (κ1) is 17.8. The van der Waals surface area contributed by atoms with Crippen molar-refractivity contribution >= 4 is 10.8 Å². The molecule has 2 aliphatic rings. The van der Waals surface area contributed by atoms with Crippen molar-refractivity contribution in [3.8, 4) is 16.9 Å². The predicted molar refractivity (Wildman–Crippen MR) is 114 cm³/mol. The molecule has 1 N–H and O–H groups in total. The molecule has 0 spiro atoms. The summed E-state index contributed by atoms with van der Waals surface area (Å²) in [4.78, 5) is 0. The molecule has 0 saturated carbocycles. The number of hydrogen-bond donors (Lipinski definition) is 1. The summed E-state index contributed by atoms with van der Waals surface area (Å²) in [6.45, 7) is 2.38. The van der Waals surface area contributed by atoms with Crippen LogP contribution in [-0.2, 0) is 16.1 Å². The van der Waals surface area contributed by atoms with Crippen LogP contribution in [0.2, 0.25) is 0 Å². The Hall–Kier alpha value is -3.06. The SMILES string of the molecule is c1ccc2cc(-c3cn(-c4ccc(CO[C@@H]5CNC[C@H]6O[C@H]56)cc4)nn3)ccc2c1. The Morgan fingerprint density at radius 3 is 2.77 bits per heavy atom. The van der Waals surface area contributed by atoms with E-state index in [4.69, 9.17) is 9.47 Å². The number of epoxide rings is 1. The average molecular weight is 398 g/mol. The Kier molecular flexibility index (Phi) is 4.34. The van der Waals surface area contributed by atoms with Crippen molar-refractivity contribution in [1.82, 2.24) is 20.3 Å². The quantitative estimate of drug-likeness (QED) is 0.523. The van der Waals surface area contributed by atoms with Crippen molar-refractivity contribution in [3.63, 3.8) is 0 Å². The van der Waals surface area contributed by atoms with E-state index >= 15 is 0 Å². The second kappa shape index (κ2) is 7.32. The van der Waals surface area contributed by atoms with E-state index in [1.807, 2.05) is 23.0 Å². The molecule has 0 bridgehead atoms. The van der Waals surface area contributed by atoms with Gasteiger partial charge in [-0.2, -0.15) is 0 Å². The molecule has 0 amide bonds. The number of benzene rings is 3. The normalized spacial score (nSPS) is 22.7. The van der Waals surface area contributed by atoms with Crippen molar-refractivity contribution in [2.75, 3.05) is 13.1 Å². The fourth-order valence-electron chi connectivity index (χ4n) is 4.10. The van der Waals surface area contributed by atoms with Crippen LogP contribution in [0.15, 0.2) is 72.9 Å². The molecule has 6 rings (SSSR count). The maximum atomic E-state index is 6.04. The number of hydrogen-bond acceptors (Lipinski definition) is 5. The Labute approximate surface area is 174 Å².